The van der Waals surface area contributed by atoms with Crippen LogP contribution in [0.2, 0.25) is 0 Å². The fourth-order valence-corrected chi connectivity index (χ4v) is 4.82. The monoisotopic (exact) mass is 414 g/mol. The summed E-state index contributed by atoms with van der Waals surface area (Å²) in [6, 6.07) is 22.3. The van der Waals surface area contributed by atoms with Crippen molar-refractivity contribution in [1.82, 2.24) is 10.3 Å². The second kappa shape index (κ2) is 7.95. The maximum absolute atomic E-state index is 13.1. The highest BCUT2D eigenvalue weighted by Crippen LogP contribution is 2.34. The van der Waals surface area contributed by atoms with Crippen LogP contribution in [0.1, 0.15) is 31.5 Å². The van der Waals surface area contributed by atoms with Crippen molar-refractivity contribution >= 4 is 39.3 Å². The minimum absolute atomic E-state index is 0.128. The van der Waals surface area contributed by atoms with E-state index in [0.717, 1.165) is 45.5 Å². The number of carbonyl (C=O) groups is 1. The van der Waals surface area contributed by atoms with Crippen molar-refractivity contribution in [2.45, 2.75) is 25.9 Å². The predicted molar refractivity (Wildman–Crippen MR) is 122 cm³/mol. The van der Waals surface area contributed by atoms with Gasteiger partial charge in [0.15, 0.2) is 11.3 Å². The number of unbranched alkanes of at least 4 members (excludes halogenated alkanes) is 1. The molecule has 5 rings (SSSR count). The van der Waals surface area contributed by atoms with Crippen LogP contribution < -0.4 is 15.9 Å². The fraction of sp³-hybridized carbons (Fsp3) is 0.208. The van der Waals surface area contributed by atoms with Gasteiger partial charge in [-0.15, -0.1) is 5.10 Å². The first-order valence-corrected chi connectivity index (χ1v) is 11.2. The van der Waals surface area contributed by atoms with Crippen molar-refractivity contribution in [3.05, 3.63) is 82.9 Å². The third-order valence-electron chi connectivity index (χ3n) is 5.35. The van der Waals surface area contributed by atoms with E-state index >= 15 is 0 Å². The average molecular weight is 415 g/mol. The molecule has 30 heavy (non-hydrogen) atoms. The van der Waals surface area contributed by atoms with Crippen LogP contribution in [0.5, 0.6) is 0 Å². The van der Waals surface area contributed by atoms with Crippen molar-refractivity contribution < 1.29 is 4.79 Å². The van der Waals surface area contributed by atoms with E-state index < -0.39 is 6.17 Å². The van der Waals surface area contributed by atoms with Crippen molar-refractivity contribution in [1.29, 1.82) is 0 Å². The molecule has 0 spiro atoms. The number of amidine groups is 1. The number of hydrogen-bond acceptors (Lipinski definition) is 5. The number of carbonyl (C=O) groups excluding carboxylic acids is 1. The van der Waals surface area contributed by atoms with E-state index in [2.05, 4.69) is 36.5 Å². The molecule has 0 saturated heterocycles. The molecule has 6 heteroatoms. The van der Waals surface area contributed by atoms with E-state index in [1.807, 2.05) is 42.5 Å². The zero-order chi connectivity index (χ0) is 20.5. The van der Waals surface area contributed by atoms with Crippen molar-refractivity contribution in [2.75, 3.05) is 5.75 Å². The van der Waals surface area contributed by atoms with Gasteiger partial charge in [0.05, 0.1) is 5.36 Å². The quantitative estimate of drug-likeness (QED) is 0.665. The van der Waals surface area contributed by atoms with Crippen LogP contribution in [0, 0.1) is 0 Å². The molecular formula is C24H22N4OS. The van der Waals surface area contributed by atoms with Crippen molar-refractivity contribution in [3.63, 3.8) is 0 Å². The Bertz CT molecular complexity index is 1280. The number of benzene rings is 3. The molecule has 0 bridgehead atoms. The average Bonchev–Trinajstić information content (AvgIpc) is 2.78. The van der Waals surface area contributed by atoms with Crippen LogP contribution in [0.15, 0.2) is 76.8 Å². The molecule has 0 saturated carbocycles. The van der Waals surface area contributed by atoms with Crippen molar-refractivity contribution in [3.8, 4) is 0 Å². The number of para-hydroxylation sites is 1. The molecule has 0 aromatic heterocycles. The normalized spacial score (nSPS) is 17.7. The lowest BCUT2D eigenvalue weighted by molar-refractivity contribution is -0.116. The molecule has 1 atom stereocenters. The third-order valence-corrected chi connectivity index (χ3v) is 6.30. The SMILES string of the molecule is CCCCSC1=NN2C(=c3ccccc3=N[C@H]2c2cccc3ccccc23)C(=O)N1. The Labute approximate surface area is 179 Å². The number of hydrogen-bond donors (Lipinski definition) is 1. The molecule has 2 aliphatic rings. The third kappa shape index (κ3) is 3.27. The lowest BCUT2D eigenvalue weighted by Crippen LogP contribution is -2.50. The van der Waals surface area contributed by atoms with E-state index in [0.29, 0.717) is 10.9 Å². The Balaban J connectivity index is 1.70. The molecule has 5 nitrogen and oxygen atoms in total. The van der Waals surface area contributed by atoms with Gasteiger partial charge in [0.1, 0.15) is 5.70 Å². The molecule has 0 fully saturated rings. The Hall–Kier alpha value is -3.12. The highest BCUT2D eigenvalue weighted by molar-refractivity contribution is 8.13. The van der Waals surface area contributed by atoms with Gasteiger partial charge in [0.25, 0.3) is 5.91 Å². The smallest absolute Gasteiger partial charge is 0.276 e. The summed E-state index contributed by atoms with van der Waals surface area (Å²) in [5.74, 6) is 0.794. The van der Waals surface area contributed by atoms with E-state index in [-0.39, 0.29) is 5.91 Å². The van der Waals surface area contributed by atoms with Gasteiger partial charge in [-0.2, -0.15) is 0 Å². The fourth-order valence-electron chi connectivity index (χ4n) is 3.88. The van der Waals surface area contributed by atoms with Gasteiger partial charge >= 0.3 is 0 Å². The molecule has 1 amide bonds. The number of fused-ring (bicyclic) bond motifs is 3. The first-order valence-electron chi connectivity index (χ1n) is 10.2. The van der Waals surface area contributed by atoms with Crippen LogP contribution in [0.4, 0.5) is 0 Å². The van der Waals surface area contributed by atoms with E-state index in [9.17, 15) is 4.79 Å². The summed E-state index contributed by atoms with van der Waals surface area (Å²) in [5.41, 5.74) is 1.59. The zero-order valence-corrected chi connectivity index (χ0v) is 17.5. The number of nitrogens with zero attached hydrogens (tertiary/aromatic N) is 3. The Kier molecular flexibility index (Phi) is 5.01. The van der Waals surface area contributed by atoms with Crippen molar-refractivity contribution in [2.24, 2.45) is 10.1 Å². The van der Waals surface area contributed by atoms with Gasteiger partial charge in [-0.1, -0.05) is 85.8 Å². The molecular weight excluding hydrogens is 392 g/mol. The Morgan fingerprint density at radius 1 is 1.03 bits per heavy atom. The first kappa shape index (κ1) is 18.9. The van der Waals surface area contributed by atoms with Crippen LogP contribution in [0.3, 0.4) is 0 Å². The molecule has 0 radical (unpaired) electrons. The predicted octanol–water partition coefficient (Wildman–Crippen LogP) is 3.52. The van der Waals surface area contributed by atoms with Crippen LogP contribution in [0.25, 0.3) is 16.5 Å². The Morgan fingerprint density at radius 3 is 2.73 bits per heavy atom. The maximum atomic E-state index is 13.1. The molecule has 1 N–H and O–H groups in total. The second-order valence-electron chi connectivity index (χ2n) is 7.34. The first-order chi connectivity index (χ1) is 14.8. The lowest BCUT2D eigenvalue weighted by Gasteiger charge is -2.34. The largest absolute Gasteiger partial charge is 0.298 e. The minimum Gasteiger partial charge on any atom is -0.298 e. The van der Waals surface area contributed by atoms with Crippen LogP contribution >= 0.6 is 11.8 Å². The molecule has 3 aromatic rings. The summed E-state index contributed by atoms with van der Waals surface area (Å²) < 4.78 is 0. The van der Waals surface area contributed by atoms with Crippen LogP contribution in [-0.2, 0) is 4.79 Å². The van der Waals surface area contributed by atoms with Gasteiger partial charge in [-0.05, 0) is 23.3 Å². The minimum atomic E-state index is -0.395. The summed E-state index contributed by atoms with van der Waals surface area (Å²) >= 11 is 1.58. The number of amides is 1. The van der Waals surface area contributed by atoms with E-state index in [1.165, 1.54) is 0 Å². The molecule has 150 valence electrons. The molecule has 0 aliphatic carbocycles. The summed E-state index contributed by atoms with van der Waals surface area (Å²) in [6.07, 6.45) is 1.79. The molecule has 3 aromatic carbocycles. The molecule has 2 heterocycles. The summed E-state index contributed by atoms with van der Waals surface area (Å²) in [4.78, 5) is 18.2. The van der Waals surface area contributed by atoms with Gasteiger partial charge in [0, 0.05) is 16.5 Å². The number of rotatable bonds is 4. The molecule has 2 aliphatic heterocycles. The van der Waals surface area contributed by atoms with E-state index in [4.69, 9.17) is 10.1 Å². The summed E-state index contributed by atoms with van der Waals surface area (Å²) in [5, 5.41) is 14.1. The topological polar surface area (TPSA) is 57.1 Å². The highest BCUT2D eigenvalue weighted by atomic mass is 32.2. The number of nitrogens with one attached hydrogen (secondary N) is 1. The van der Waals surface area contributed by atoms with E-state index in [1.54, 1.807) is 16.8 Å². The van der Waals surface area contributed by atoms with Crippen LogP contribution in [-0.4, -0.2) is 21.8 Å². The summed E-state index contributed by atoms with van der Waals surface area (Å²) in [7, 11) is 0. The highest BCUT2D eigenvalue weighted by Gasteiger charge is 2.34. The van der Waals surface area contributed by atoms with Gasteiger partial charge in [0.2, 0.25) is 0 Å². The maximum Gasteiger partial charge on any atom is 0.276 e. The standard InChI is InChI=1S/C24H22N4OS/c1-2-3-15-30-24-26-23(29)21-19-12-6-7-14-20(19)25-22(28(21)27-24)18-13-8-10-16-9-4-5-11-17(16)18/h4-14,22H,2-3,15H2,1H3,(H,26,27,29)/t22-/m1/s1. The zero-order valence-electron chi connectivity index (χ0n) is 16.7. The second-order valence-corrected chi connectivity index (χ2v) is 8.43. The number of hydrazone groups is 1. The Morgan fingerprint density at radius 2 is 1.83 bits per heavy atom. The number of thioether (sulfide) groups is 1. The van der Waals surface area contributed by atoms with Gasteiger partial charge in [-0.25, -0.2) is 5.01 Å². The van der Waals surface area contributed by atoms with Gasteiger partial charge in [-0.3, -0.25) is 15.1 Å². The molecule has 0 unspecified atom stereocenters. The lowest BCUT2D eigenvalue weighted by atomic mass is 10.0. The summed E-state index contributed by atoms with van der Waals surface area (Å²) in [6.45, 7) is 2.16. The van der Waals surface area contributed by atoms with Gasteiger partial charge < -0.3 is 0 Å².